The van der Waals surface area contributed by atoms with Crippen molar-refractivity contribution in [2.24, 2.45) is 0 Å². The van der Waals surface area contributed by atoms with Gasteiger partial charge in [-0.2, -0.15) is 0 Å². The van der Waals surface area contributed by atoms with Crippen LogP contribution in [0, 0.1) is 0 Å². The summed E-state index contributed by atoms with van der Waals surface area (Å²) in [4.78, 5) is 16.0. The Balaban J connectivity index is 1.59. The predicted octanol–water partition coefficient (Wildman–Crippen LogP) is 4.79. The van der Waals surface area contributed by atoms with Crippen molar-refractivity contribution in [2.75, 3.05) is 11.9 Å². The van der Waals surface area contributed by atoms with Crippen LogP contribution in [0.25, 0.3) is 10.8 Å². The SMILES string of the molecule is O=C(Nc1cccc2cnccc12)OCCc1cccc(Br)c1. The summed E-state index contributed by atoms with van der Waals surface area (Å²) >= 11 is 3.43. The van der Waals surface area contributed by atoms with Gasteiger partial charge in [0, 0.05) is 34.1 Å². The maximum absolute atomic E-state index is 12.0. The van der Waals surface area contributed by atoms with Crippen LogP contribution in [-0.4, -0.2) is 17.7 Å². The van der Waals surface area contributed by atoms with E-state index >= 15 is 0 Å². The molecule has 2 aromatic carbocycles. The maximum Gasteiger partial charge on any atom is 0.411 e. The molecule has 0 radical (unpaired) electrons. The van der Waals surface area contributed by atoms with E-state index in [0.717, 1.165) is 26.5 Å². The van der Waals surface area contributed by atoms with Crippen LogP contribution in [0.3, 0.4) is 0 Å². The lowest BCUT2D eigenvalue weighted by atomic mass is 10.1. The van der Waals surface area contributed by atoms with Gasteiger partial charge in [-0.05, 0) is 29.8 Å². The van der Waals surface area contributed by atoms with Crippen molar-refractivity contribution in [1.82, 2.24) is 4.98 Å². The number of fused-ring (bicyclic) bond motifs is 1. The third-order valence-corrected chi connectivity index (χ3v) is 3.92. The second kappa shape index (κ2) is 7.24. The quantitative estimate of drug-likeness (QED) is 0.718. The summed E-state index contributed by atoms with van der Waals surface area (Å²) in [5.41, 5.74) is 1.83. The van der Waals surface area contributed by atoms with Gasteiger partial charge in [0.2, 0.25) is 0 Å². The Kier molecular flexibility index (Phi) is 4.88. The Labute approximate surface area is 142 Å². The van der Waals surface area contributed by atoms with Crippen LogP contribution in [0.15, 0.2) is 65.4 Å². The first-order chi connectivity index (χ1) is 11.2. The summed E-state index contributed by atoms with van der Waals surface area (Å²) in [6.45, 7) is 0.328. The zero-order valence-electron chi connectivity index (χ0n) is 12.3. The summed E-state index contributed by atoms with van der Waals surface area (Å²) in [7, 11) is 0. The number of rotatable bonds is 4. The Morgan fingerprint density at radius 2 is 2.04 bits per heavy atom. The molecule has 0 aliphatic carbocycles. The van der Waals surface area contributed by atoms with E-state index in [4.69, 9.17) is 4.74 Å². The van der Waals surface area contributed by atoms with Crippen LogP contribution in [0.4, 0.5) is 10.5 Å². The fourth-order valence-electron chi connectivity index (χ4n) is 2.33. The smallest absolute Gasteiger partial charge is 0.411 e. The van der Waals surface area contributed by atoms with Gasteiger partial charge in [-0.15, -0.1) is 0 Å². The molecule has 0 atom stereocenters. The third kappa shape index (κ3) is 4.07. The largest absolute Gasteiger partial charge is 0.449 e. The van der Waals surface area contributed by atoms with E-state index in [-0.39, 0.29) is 0 Å². The Bertz CT molecular complexity index is 831. The van der Waals surface area contributed by atoms with Crippen LogP contribution in [0.1, 0.15) is 5.56 Å². The molecule has 0 fully saturated rings. The highest BCUT2D eigenvalue weighted by atomic mass is 79.9. The molecule has 0 aliphatic rings. The number of hydrogen-bond donors (Lipinski definition) is 1. The zero-order valence-corrected chi connectivity index (χ0v) is 13.9. The number of hydrogen-bond acceptors (Lipinski definition) is 3. The fraction of sp³-hybridized carbons (Fsp3) is 0.111. The van der Waals surface area contributed by atoms with Crippen molar-refractivity contribution in [3.8, 4) is 0 Å². The van der Waals surface area contributed by atoms with Crippen LogP contribution < -0.4 is 5.32 Å². The monoisotopic (exact) mass is 370 g/mol. The summed E-state index contributed by atoms with van der Waals surface area (Å²) in [5, 5.41) is 4.69. The van der Waals surface area contributed by atoms with E-state index in [0.29, 0.717) is 13.0 Å². The van der Waals surface area contributed by atoms with Crippen molar-refractivity contribution >= 4 is 38.5 Å². The molecule has 0 unspecified atom stereocenters. The number of anilines is 1. The average molecular weight is 371 g/mol. The van der Waals surface area contributed by atoms with Gasteiger partial charge in [-0.1, -0.05) is 40.2 Å². The first kappa shape index (κ1) is 15.5. The van der Waals surface area contributed by atoms with Gasteiger partial charge < -0.3 is 4.74 Å². The normalized spacial score (nSPS) is 10.5. The van der Waals surface area contributed by atoms with Gasteiger partial charge in [0.05, 0.1) is 12.3 Å². The molecular weight excluding hydrogens is 356 g/mol. The van der Waals surface area contributed by atoms with Crippen molar-refractivity contribution in [3.05, 3.63) is 71.0 Å². The number of halogens is 1. The van der Waals surface area contributed by atoms with Crippen LogP contribution in [-0.2, 0) is 11.2 Å². The molecule has 5 heteroatoms. The Hall–Kier alpha value is -2.40. The molecule has 0 saturated carbocycles. The lowest BCUT2D eigenvalue weighted by molar-refractivity contribution is 0.163. The molecule has 0 aliphatic heterocycles. The first-order valence-electron chi connectivity index (χ1n) is 7.23. The molecular formula is C18H15BrN2O2. The second-order valence-electron chi connectivity index (χ2n) is 5.04. The number of ether oxygens (including phenoxy) is 1. The molecule has 0 bridgehead atoms. The number of aromatic nitrogens is 1. The third-order valence-electron chi connectivity index (χ3n) is 3.43. The number of carbonyl (C=O) groups excluding carboxylic acids is 1. The van der Waals surface area contributed by atoms with Gasteiger partial charge in [0.15, 0.2) is 0 Å². The minimum atomic E-state index is -0.454. The molecule has 3 aromatic rings. The second-order valence-corrected chi connectivity index (χ2v) is 5.96. The molecule has 1 amide bonds. The topological polar surface area (TPSA) is 51.2 Å². The van der Waals surface area contributed by atoms with E-state index in [2.05, 4.69) is 26.2 Å². The Morgan fingerprint density at radius 1 is 1.17 bits per heavy atom. The van der Waals surface area contributed by atoms with Gasteiger partial charge in [0.1, 0.15) is 0 Å². The van der Waals surface area contributed by atoms with Crippen LogP contribution >= 0.6 is 15.9 Å². The number of amides is 1. The molecule has 0 spiro atoms. The predicted molar refractivity (Wildman–Crippen MR) is 94.6 cm³/mol. The highest BCUT2D eigenvalue weighted by molar-refractivity contribution is 9.10. The standard InChI is InChI=1S/C18H15BrN2O2/c19-15-5-1-3-13(11-15)8-10-23-18(22)21-17-6-2-4-14-12-20-9-7-16(14)17/h1-7,9,11-12H,8,10H2,(H,21,22). The molecule has 1 aromatic heterocycles. The summed E-state index contributed by atoms with van der Waals surface area (Å²) in [6.07, 6.45) is 3.68. The molecule has 0 saturated heterocycles. The summed E-state index contributed by atoms with van der Waals surface area (Å²) in [6, 6.07) is 15.5. The molecule has 23 heavy (non-hydrogen) atoms. The zero-order chi connectivity index (χ0) is 16.1. The van der Waals surface area contributed by atoms with Crippen molar-refractivity contribution in [1.29, 1.82) is 0 Å². The highest BCUT2D eigenvalue weighted by Crippen LogP contribution is 2.22. The Morgan fingerprint density at radius 3 is 2.91 bits per heavy atom. The van der Waals surface area contributed by atoms with E-state index in [9.17, 15) is 4.79 Å². The van der Waals surface area contributed by atoms with Gasteiger partial charge in [-0.3, -0.25) is 10.3 Å². The molecule has 1 N–H and O–H groups in total. The molecule has 1 heterocycles. The van der Waals surface area contributed by atoms with Crippen LogP contribution in [0.2, 0.25) is 0 Å². The maximum atomic E-state index is 12.0. The average Bonchev–Trinajstić information content (AvgIpc) is 2.55. The van der Waals surface area contributed by atoms with Gasteiger partial charge in [-0.25, -0.2) is 4.79 Å². The highest BCUT2D eigenvalue weighted by Gasteiger charge is 2.06. The summed E-state index contributed by atoms with van der Waals surface area (Å²) in [5.74, 6) is 0. The van der Waals surface area contributed by atoms with E-state index < -0.39 is 6.09 Å². The number of pyridine rings is 1. The number of benzene rings is 2. The minimum absolute atomic E-state index is 0.328. The van der Waals surface area contributed by atoms with Crippen LogP contribution in [0.5, 0.6) is 0 Å². The van der Waals surface area contributed by atoms with Gasteiger partial charge >= 0.3 is 6.09 Å². The van der Waals surface area contributed by atoms with Crippen molar-refractivity contribution in [2.45, 2.75) is 6.42 Å². The van der Waals surface area contributed by atoms with E-state index in [1.807, 2.05) is 48.5 Å². The number of nitrogens with zero attached hydrogens (tertiary/aromatic N) is 1. The number of carbonyl (C=O) groups is 1. The van der Waals surface area contributed by atoms with Crippen molar-refractivity contribution in [3.63, 3.8) is 0 Å². The van der Waals surface area contributed by atoms with Crippen molar-refractivity contribution < 1.29 is 9.53 Å². The summed E-state index contributed by atoms with van der Waals surface area (Å²) < 4.78 is 6.28. The molecule has 116 valence electrons. The fourth-order valence-corrected chi connectivity index (χ4v) is 2.78. The number of nitrogens with one attached hydrogen (secondary N) is 1. The minimum Gasteiger partial charge on any atom is -0.449 e. The van der Waals surface area contributed by atoms with E-state index in [1.165, 1.54) is 0 Å². The molecule has 3 rings (SSSR count). The molecule has 4 nitrogen and oxygen atoms in total. The lowest BCUT2D eigenvalue weighted by Gasteiger charge is -2.09. The lowest BCUT2D eigenvalue weighted by Crippen LogP contribution is -2.15. The van der Waals surface area contributed by atoms with Gasteiger partial charge in [0.25, 0.3) is 0 Å². The van der Waals surface area contributed by atoms with E-state index in [1.54, 1.807) is 12.4 Å². The first-order valence-corrected chi connectivity index (χ1v) is 8.02.